The number of benzene rings is 3. The number of anilines is 1. The van der Waals surface area contributed by atoms with Gasteiger partial charge in [-0.15, -0.1) is 0 Å². The molecule has 1 fully saturated rings. The van der Waals surface area contributed by atoms with E-state index in [0.717, 1.165) is 31.9 Å². The highest BCUT2D eigenvalue weighted by Crippen LogP contribution is 2.36. The van der Waals surface area contributed by atoms with Crippen LogP contribution in [0.2, 0.25) is 0 Å². The molecule has 1 N–H and O–H groups in total. The lowest BCUT2D eigenvalue weighted by Gasteiger charge is -2.32. The van der Waals surface area contributed by atoms with Crippen LogP contribution in [0.4, 0.5) is 11.4 Å². The van der Waals surface area contributed by atoms with Crippen molar-refractivity contribution in [3.63, 3.8) is 0 Å². The second-order valence-electron chi connectivity index (χ2n) is 11.2. The van der Waals surface area contributed by atoms with Crippen LogP contribution in [0.25, 0.3) is 11.8 Å². The van der Waals surface area contributed by atoms with Crippen LogP contribution in [0.3, 0.4) is 0 Å². The van der Waals surface area contributed by atoms with Crippen molar-refractivity contribution < 1.29 is 24.1 Å². The van der Waals surface area contributed by atoms with E-state index in [0.29, 0.717) is 37.5 Å². The van der Waals surface area contributed by atoms with E-state index in [1.165, 1.54) is 32.9 Å². The lowest BCUT2D eigenvalue weighted by molar-refractivity contribution is -0.880. The molecular weight excluding hydrogens is 606 g/mol. The van der Waals surface area contributed by atoms with Crippen molar-refractivity contribution in [3.8, 4) is 5.75 Å². The number of nitro groups is 1. The highest BCUT2D eigenvalue weighted by atomic mass is 32.1. The molecule has 0 amide bonds. The van der Waals surface area contributed by atoms with Gasteiger partial charge in [0, 0.05) is 28.9 Å². The minimum absolute atomic E-state index is 0.0623. The number of likely N-dealkylation sites (N-methyl/N-ethyl adjacent to an activating group) is 1. The van der Waals surface area contributed by atoms with E-state index in [2.05, 4.69) is 11.9 Å². The second kappa shape index (κ2) is 13.1. The Bertz CT molecular complexity index is 2010. The van der Waals surface area contributed by atoms with E-state index < -0.39 is 16.9 Å². The molecule has 0 spiro atoms. The molecule has 0 bridgehead atoms. The lowest BCUT2D eigenvalue weighted by Crippen LogP contribution is -3.12. The standard InChI is InChI=1S/C34H33N5O6S/c1-4-45-33(41)29-30(22-9-6-5-7-10-22)35-34-38(31(29)23-11-8-12-26(20-23)44-3)32(40)28(46-34)21-24-19-25(39(42)43)13-14-27(24)37-17-15-36(2)16-18-37/h5-14,19-21,31H,4,15-18H2,1-3H3/p+1/b28-21+/t31-/m1/s1. The van der Waals surface area contributed by atoms with Gasteiger partial charge in [-0.3, -0.25) is 19.5 Å². The Kier molecular flexibility index (Phi) is 8.82. The number of carbonyl (C=O) groups is 1. The van der Waals surface area contributed by atoms with Gasteiger partial charge in [0.2, 0.25) is 0 Å². The number of nitrogens with zero attached hydrogens (tertiary/aromatic N) is 4. The lowest BCUT2D eigenvalue weighted by atomic mass is 9.93. The molecular formula is C34H34N5O6S+. The maximum absolute atomic E-state index is 14.4. The van der Waals surface area contributed by atoms with Gasteiger partial charge < -0.3 is 19.3 Å². The fourth-order valence-corrected chi connectivity index (χ4v) is 6.89. The maximum atomic E-state index is 14.4. The van der Waals surface area contributed by atoms with Gasteiger partial charge in [0.15, 0.2) is 4.80 Å². The summed E-state index contributed by atoms with van der Waals surface area (Å²) in [5, 5.41) is 11.8. The van der Waals surface area contributed by atoms with E-state index >= 15 is 0 Å². The largest absolute Gasteiger partial charge is 0.497 e. The smallest absolute Gasteiger partial charge is 0.338 e. The van der Waals surface area contributed by atoms with Crippen molar-refractivity contribution in [1.29, 1.82) is 0 Å². The summed E-state index contributed by atoms with van der Waals surface area (Å²) in [5.74, 6) is -0.0123. The highest BCUT2D eigenvalue weighted by Gasteiger charge is 2.35. The van der Waals surface area contributed by atoms with Crippen molar-refractivity contribution >= 4 is 40.5 Å². The zero-order valence-corrected chi connectivity index (χ0v) is 26.6. The van der Waals surface area contributed by atoms with Gasteiger partial charge in [0.25, 0.3) is 11.2 Å². The molecule has 1 aromatic heterocycles. The van der Waals surface area contributed by atoms with E-state index in [1.54, 1.807) is 38.3 Å². The van der Waals surface area contributed by atoms with E-state index in [-0.39, 0.29) is 23.4 Å². The third kappa shape index (κ3) is 5.96. The normalized spacial score (nSPS) is 17.0. The number of aromatic nitrogens is 1. The third-order valence-electron chi connectivity index (χ3n) is 8.25. The van der Waals surface area contributed by atoms with Gasteiger partial charge >= 0.3 is 5.97 Å². The van der Waals surface area contributed by atoms with E-state index in [4.69, 9.17) is 14.5 Å². The van der Waals surface area contributed by atoms with Gasteiger partial charge in [0.05, 0.1) is 73.7 Å². The van der Waals surface area contributed by atoms with Gasteiger partial charge in [-0.2, -0.15) is 0 Å². The van der Waals surface area contributed by atoms with Crippen molar-refractivity contribution in [1.82, 2.24) is 4.57 Å². The molecule has 2 aliphatic heterocycles. The Morgan fingerprint density at radius 3 is 2.57 bits per heavy atom. The molecule has 3 heterocycles. The highest BCUT2D eigenvalue weighted by molar-refractivity contribution is 7.07. The molecule has 0 unspecified atom stereocenters. The fourth-order valence-electron chi connectivity index (χ4n) is 5.90. The molecule has 4 aromatic rings. The monoisotopic (exact) mass is 640 g/mol. The SMILES string of the molecule is CCOC(=O)C1=C(c2ccccc2)N=c2s/c(=C/c3cc([N+](=O)[O-])ccc3N3CC[NH+](C)CC3)c(=O)n2[C@@H]1c1cccc(OC)c1. The zero-order chi connectivity index (χ0) is 32.4. The average molecular weight is 641 g/mol. The fraction of sp³-hybridized carbons (Fsp3) is 0.265. The number of ether oxygens (including phenoxy) is 2. The topological polar surface area (TPSA) is 121 Å². The van der Waals surface area contributed by atoms with Crippen LogP contribution >= 0.6 is 11.3 Å². The summed E-state index contributed by atoms with van der Waals surface area (Å²) < 4.78 is 12.9. The van der Waals surface area contributed by atoms with Gasteiger partial charge in [-0.1, -0.05) is 53.8 Å². The summed E-state index contributed by atoms with van der Waals surface area (Å²) in [7, 11) is 3.70. The number of fused-ring (bicyclic) bond motifs is 1. The summed E-state index contributed by atoms with van der Waals surface area (Å²) in [6.07, 6.45) is 1.70. The summed E-state index contributed by atoms with van der Waals surface area (Å²) in [6.45, 7) is 5.30. The second-order valence-corrected chi connectivity index (χ2v) is 12.2. The molecule has 1 atom stereocenters. The van der Waals surface area contributed by atoms with Gasteiger partial charge in [-0.05, 0) is 36.8 Å². The van der Waals surface area contributed by atoms with Crippen LogP contribution in [0, 0.1) is 10.1 Å². The zero-order valence-electron chi connectivity index (χ0n) is 25.8. The molecule has 236 valence electrons. The predicted octanol–water partition coefficient (Wildman–Crippen LogP) is 2.19. The van der Waals surface area contributed by atoms with Crippen LogP contribution in [-0.4, -0.2) is 62.4 Å². The number of nitro benzene ring substituents is 1. The number of quaternary nitrogens is 1. The quantitative estimate of drug-likeness (QED) is 0.178. The van der Waals surface area contributed by atoms with Crippen LogP contribution in [0.1, 0.15) is 29.7 Å². The number of hydrogen-bond donors (Lipinski definition) is 1. The van der Waals surface area contributed by atoms with Crippen LogP contribution in [-0.2, 0) is 9.53 Å². The minimum atomic E-state index is -0.868. The Labute approximate surface area is 269 Å². The number of nitrogens with one attached hydrogen (secondary N) is 1. The summed E-state index contributed by atoms with van der Waals surface area (Å²) in [5.41, 5.74) is 2.96. The first-order valence-corrected chi connectivity index (χ1v) is 15.9. The Hall–Kier alpha value is -5.07. The Balaban J connectivity index is 1.61. The van der Waals surface area contributed by atoms with Crippen molar-refractivity contribution in [2.75, 3.05) is 51.8 Å². The molecule has 11 nitrogen and oxygen atoms in total. The summed E-state index contributed by atoms with van der Waals surface area (Å²) in [4.78, 5) is 48.4. The van der Waals surface area contributed by atoms with Crippen molar-refractivity contribution in [2.45, 2.75) is 13.0 Å². The molecule has 0 aliphatic carbocycles. The molecule has 0 saturated carbocycles. The van der Waals surface area contributed by atoms with Crippen LogP contribution in [0.15, 0.2) is 88.2 Å². The van der Waals surface area contributed by atoms with E-state index in [9.17, 15) is 19.7 Å². The maximum Gasteiger partial charge on any atom is 0.338 e. The molecule has 46 heavy (non-hydrogen) atoms. The van der Waals surface area contributed by atoms with Crippen molar-refractivity contribution in [3.05, 3.63) is 125 Å². The number of carbonyl (C=O) groups excluding carboxylic acids is 1. The first-order chi connectivity index (χ1) is 22.3. The summed E-state index contributed by atoms with van der Waals surface area (Å²) in [6, 6.07) is 20.5. The summed E-state index contributed by atoms with van der Waals surface area (Å²) >= 11 is 1.18. The average Bonchev–Trinajstić information content (AvgIpc) is 3.38. The number of non-ortho nitro benzene ring substituents is 1. The molecule has 3 aromatic carbocycles. The predicted molar refractivity (Wildman–Crippen MR) is 176 cm³/mol. The first kappa shape index (κ1) is 30.9. The van der Waals surface area contributed by atoms with Crippen molar-refractivity contribution in [2.24, 2.45) is 4.99 Å². The molecule has 6 rings (SSSR count). The first-order valence-electron chi connectivity index (χ1n) is 15.1. The van der Waals surface area contributed by atoms with Gasteiger partial charge in [0.1, 0.15) is 5.75 Å². The number of methoxy groups -OCH3 is 1. The number of thiazole rings is 1. The number of esters is 1. The molecule has 1 saturated heterocycles. The van der Waals surface area contributed by atoms with Crippen LogP contribution < -0.4 is 29.4 Å². The Morgan fingerprint density at radius 1 is 1.11 bits per heavy atom. The number of hydrogen-bond acceptors (Lipinski definition) is 9. The molecule has 12 heteroatoms. The number of rotatable bonds is 8. The van der Waals surface area contributed by atoms with Gasteiger partial charge in [-0.25, -0.2) is 9.79 Å². The third-order valence-corrected chi connectivity index (χ3v) is 9.23. The minimum Gasteiger partial charge on any atom is -0.497 e. The molecule has 2 aliphatic rings. The van der Waals surface area contributed by atoms with E-state index in [1.807, 2.05) is 42.5 Å². The molecule has 0 radical (unpaired) electrons. The Morgan fingerprint density at radius 2 is 1.87 bits per heavy atom. The number of piperazine rings is 1. The van der Waals surface area contributed by atoms with Crippen LogP contribution in [0.5, 0.6) is 5.75 Å².